The number of urea groups is 1. The molecule has 2 amide bonds. The van der Waals surface area contributed by atoms with Gasteiger partial charge in [0.25, 0.3) is 0 Å². The summed E-state index contributed by atoms with van der Waals surface area (Å²) in [7, 11) is 3.81. The summed E-state index contributed by atoms with van der Waals surface area (Å²) in [6, 6.07) is 5.91. The standard InChI is InChI=1S/C15H23N3O3/c1-5-10(2)13(14(19)20)17-15(21)16-11-7-6-8-12(9-11)18(3)4/h6-10,13H,5H2,1-4H3,(H,19,20)(H2,16,17,21)/t10?,13-/m0/s1. The molecule has 1 aromatic rings. The van der Waals surface area contributed by atoms with Gasteiger partial charge in [-0.2, -0.15) is 0 Å². The lowest BCUT2D eigenvalue weighted by molar-refractivity contribution is -0.140. The Morgan fingerprint density at radius 3 is 2.52 bits per heavy atom. The second-order valence-electron chi connectivity index (χ2n) is 5.24. The zero-order valence-electron chi connectivity index (χ0n) is 12.9. The number of rotatable bonds is 6. The fourth-order valence-corrected chi connectivity index (χ4v) is 1.85. The largest absolute Gasteiger partial charge is 0.480 e. The van der Waals surface area contributed by atoms with E-state index in [0.29, 0.717) is 12.1 Å². The molecule has 0 spiro atoms. The highest BCUT2D eigenvalue weighted by atomic mass is 16.4. The summed E-state index contributed by atoms with van der Waals surface area (Å²) < 4.78 is 0. The molecule has 0 bridgehead atoms. The summed E-state index contributed by atoms with van der Waals surface area (Å²) in [6.45, 7) is 3.69. The fourth-order valence-electron chi connectivity index (χ4n) is 1.85. The molecule has 0 saturated carbocycles. The first kappa shape index (κ1) is 16.8. The van der Waals surface area contributed by atoms with Crippen LogP contribution in [0.1, 0.15) is 20.3 Å². The summed E-state index contributed by atoms with van der Waals surface area (Å²) in [4.78, 5) is 25.0. The predicted molar refractivity (Wildman–Crippen MR) is 83.8 cm³/mol. The normalized spacial score (nSPS) is 13.1. The van der Waals surface area contributed by atoms with Crippen molar-refractivity contribution in [2.24, 2.45) is 5.92 Å². The molecule has 0 aliphatic rings. The Labute approximate surface area is 125 Å². The zero-order valence-corrected chi connectivity index (χ0v) is 12.9. The number of carbonyl (C=O) groups is 2. The molecule has 0 aliphatic heterocycles. The summed E-state index contributed by atoms with van der Waals surface area (Å²) in [5, 5.41) is 14.3. The van der Waals surface area contributed by atoms with Gasteiger partial charge in [0.15, 0.2) is 0 Å². The number of hydrogen-bond acceptors (Lipinski definition) is 3. The van der Waals surface area contributed by atoms with Crippen LogP contribution in [0.15, 0.2) is 24.3 Å². The summed E-state index contributed by atoms with van der Waals surface area (Å²) in [5.41, 5.74) is 1.57. The van der Waals surface area contributed by atoms with Crippen LogP contribution in [-0.4, -0.2) is 37.2 Å². The molecule has 116 valence electrons. The van der Waals surface area contributed by atoms with Crippen molar-refractivity contribution >= 4 is 23.4 Å². The molecule has 0 fully saturated rings. The van der Waals surface area contributed by atoms with E-state index in [-0.39, 0.29) is 5.92 Å². The van der Waals surface area contributed by atoms with Crippen LogP contribution in [-0.2, 0) is 4.79 Å². The smallest absolute Gasteiger partial charge is 0.326 e. The van der Waals surface area contributed by atoms with E-state index in [1.807, 2.05) is 44.1 Å². The topological polar surface area (TPSA) is 81.7 Å². The molecule has 6 nitrogen and oxygen atoms in total. The number of nitrogens with zero attached hydrogens (tertiary/aromatic N) is 1. The highest BCUT2D eigenvalue weighted by molar-refractivity contribution is 5.92. The monoisotopic (exact) mass is 293 g/mol. The van der Waals surface area contributed by atoms with Crippen LogP contribution in [0.2, 0.25) is 0 Å². The van der Waals surface area contributed by atoms with Gasteiger partial charge in [-0.25, -0.2) is 9.59 Å². The molecule has 0 aliphatic carbocycles. The van der Waals surface area contributed by atoms with Gasteiger partial charge in [0, 0.05) is 25.5 Å². The van der Waals surface area contributed by atoms with E-state index in [4.69, 9.17) is 5.11 Å². The number of anilines is 2. The lowest BCUT2D eigenvalue weighted by Gasteiger charge is -2.20. The van der Waals surface area contributed by atoms with Gasteiger partial charge in [-0.15, -0.1) is 0 Å². The Balaban J connectivity index is 2.72. The molecule has 2 atom stereocenters. The lowest BCUT2D eigenvalue weighted by Crippen LogP contribution is -2.46. The van der Waals surface area contributed by atoms with E-state index in [1.165, 1.54) is 0 Å². The molecule has 6 heteroatoms. The average molecular weight is 293 g/mol. The van der Waals surface area contributed by atoms with Crippen LogP contribution in [0.5, 0.6) is 0 Å². The maximum Gasteiger partial charge on any atom is 0.326 e. The number of carbonyl (C=O) groups excluding carboxylic acids is 1. The summed E-state index contributed by atoms with van der Waals surface area (Å²) >= 11 is 0. The minimum atomic E-state index is -1.03. The number of amides is 2. The maximum absolute atomic E-state index is 11.9. The number of carboxylic acid groups (broad SMARTS) is 1. The van der Waals surface area contributed by atoms with Crippen LogP contribution < -0.4 is 15.5 Å². The first-order valence-electron chi connectivity index (χ1n) is 6.92. The maximum atomic E-state index is 11.9. The Hall–Kier alpha value is -2.24. The van der Waals surface area contributed by atoms with Crippen molar-refractivity contribution in [3.63, 3.8) is 0 Å². The molecular formula is C15H23N3O3. The highest BCUT2D eigenvalue weighted by Gasteiger charge is 2.25. The van der Waals surface area contributed by atoms with Crippen molar-refractivity contribution in [3.8, 4) is 0 Å². The molecule has 0 heterocycles. The van der Waals surface area contributed by atoms with Crippen LogP contribution in [0.25, 0.3) is 0 Å². The number of aliphatic carboxylic acids is 1. The minimum Gasteiger partial charge on any atom is -0.480 e. The third-order valence-corrected chi connectivity index (χ3v) is 3.39. The van der Waals surface area contributed by atoms with Gasteiger partial charge in [0.1, 0.15) is 6.04 Å². The number of benzene rings is 1. The first-order chi connectivity index (χ1) is 9.85. The van der Waals surface area contributed by atoms with Crippen molar-refractivity contribution in [2.75, 3.05) is 24.3 Å². The van der Waals surface area contributed by atoms with E-state index >= 15 is 0 Å². The molecule has 0 saturated heterocycles. The van der Waals surface area contributed by atoms with Crippen LogP contribution in [0.3, 0.4) is 0 Å². The van der Waals surface area contributed by atoms with Crippen LogP contribution in [0, 0.1) is 5.92 Å². The Kier molecular flexibility index (Phi) is 6.02. The fraction of sp³-hybridized carbons (Fsp3) is 0.467. The second-order valence-corrected chi connectivity index (χ2v) is 5.24. The SMILES string of the molecule is CCC(C)[C@H](NC(=O)Nc1cccc(N(C)C)c1)C(=O)O. The third kappa shape index (κ3) is 4.98. The highest BCUT2D eigenvalue weighted by Crippen LogP contribution is 2.17. The van der Waals surface area contributed by atoms with Gasteiger partial charge in [-0.1, -0.05) is 26.3 Å². The van der Waals surface area contributed by atoms with Crippen molar-refractivity contribution in [1.82, 2.24) is 5.32 Å². The second kappa shape index (κ2) is 7.52. The quantitative estimate of drug-likeness (QED) is 0.752. The predicted octanol–water partition coefficient (Wildman–Crippen LogP) is 2.37. The van der Waals surface area contributed by atoms with Crippen molar-refractivity contribution < 1.29 is 14.7 Å². The van der Waals surface area contributed by atoms with Gasteiger partial charge in [0.2, 0.25) is 0 Å². The van der Waals surface area contributed by atoms with Gasteiger partial charge < -0.3 is 20.6 Å². The summed E-state index contributed by atoms with van der Waals surface area (Å²) in [5.74, 6) is -1.16. The lowest BCUT2D eigenvalue weighted by atomic mass is 9.99. The molecule has 1 rings (SSSR count). The molecule has 21 heavy (non-hydrogen) atoms. The number of hydrogen-bond donors (Lipinski definition) is 3. The van der Waals surface area contributed by atoms with E-state index in [2.05, 4.69) is 10.6 Å². The van der Waals surface area contributed by atoms with E-state index in [1.54, 1.807) is 13.0 Å². The van der Waals surface area contributed by atoms with Crippen molar-refractivity contribution in [1.29, 1.82) is 0 Å². The molecule has 1 aromatic carbocycles. The van der Waals surface area contributed by atoms with E-state index in [0.717, 1.165) is 5.69 Å². The molecule has 3 N–H and O–H groups in total. The number of nitrogens with one attached hydrogen (secondary N) is 2. The van der Waals surface area contributed by atoms with Crippen molar-refractivity contribution in [2.45, 2.75) is 26.3 Å². The van der Waals surface area contributed by atoms with E-state index in [9.17, 15) is 9.59 Å². The van der Waals surface area contributed by atoms with Crippen molar-refractivity contribution in [3.05, 3.63) is 24.3 Å². The minimum absolute atomic E-state index is 0.138. The third-order valence-electron chi connectivity index (χ3n) is 3.39. The molecule has 0 aromatic heterocycles. The van der Waals surface area contributed by atoms with Crippen LogP contribution >= 0.6 is 0 Å². The van der Waals surface area contributed by atoms with E-state index < -0.39 is 18.0 Å². The van der Waals surface area contributed by atoms with Gasteiger partial charge in [0.05, 0.1) is 0 Å². The number of carboxylic acids is 1. The Morgan fingerprint density at radius 2 is 2.00 bits per heavy atom. The van der Waals surface area contributed by atoms with Gasteiger partial charge in [-0.05, 0) is 24.1 Å². The van der Waals surface area contributed by atoms with Gasteiger partial charge in [-0.3, -0.25) is 0 Å². The molecular weight excluding hydrogens is 270 g/mol. The Morgan fingerprint density at radius 1 is 1.33 bits per heavy atom. The zero-order chi connectivity index (χ0) is 16.0. The summed E-state index contributed by atoms with van der Waals surface area (Å²) in [6.07, 6.45) is 0.674. The molecule has 0 radical (unpaired) electrons. The van der Waals surface area contributed by atoms with Gasteiger partial charge >= 0.3 is 12.0 Å². The van der Waals surface area contributed by atoms with Crippen LogP contribution in [0.4, 0.5) is 16.2 Å². The first-order valence-corrected chi connectivity index (χ1v) is 6.92. The Bertz CT molecular complexity index is 503. The average Bonchev–Trinajstić information content (AvgIpc) is 2.43. The molecule has 1 unspecified atom stereocenters.